The summed E-state index contributed by atoms with van der Waals surface area (Å²) < 4.78 is 6.40. The van der Waals surface area contributed by atoms with Gasteiger partial charge in [-0.3, -0.25) is 0 Å². The van der Waals surface area contributed by atoms with E-state index in [2.05, 4.69) is 171 Å². The Morgan fingerprint density at radius 2 is 1.28 bits per heavy atom. The summed E-state index contributed by atoms with van der Waals surface area (Å²) in [6.07, 6.45) is 6.09. The van der Waals surface area contributed by atoms with Gasteiger partial charge in [0.1, 0.15) is 5.58 Å². The maximum atomic E-state index is 6.40. The predicted octanol–water partition coefficient (Wildman–Crippen LogP) is 12.9. The molecule has 3 aromatic heterocycles. The second-order valence-corrected chi connectivity index (χ2v) is 20.8. The van der Waals surface area contributed by atoms with E-state index in [0.717, 1.165) is 62.9 Å². The van der Waals surface area contributed by atoms with Crippen molar-refractivity contribution in [1.82, 2.24) is 9.97 Å². The molecule has 0 aliphatic heterocycles. The van der Waals surface area contributed by atoms with Gasteiger partial charge >= 0.3 is 0 Å². The number of pyridine rings is 2. The van der Waals surface area contributed by atoms with Crippen molar-refractivity contribution in [1.29, 1.82) is 0 Å². The van der Waals surface area contributed by atoms with Gasteiger partial charge in [0.05, 0.1) is 13.7 Å². The van der Waals surface area contributed by atoms with E-state index >= 15 is 0 Å². The molecule has 0 unspecified atom stereocenters. The molecular formula is C52H42IrN2OSi-2. The normalized spacial score (nSPS) is 11.9. The first kappa shape index (κ1) is 38.2. The van der Waals surface area contributed by atoms with Crippen LogP contribution >= 0.6 is 0 Å². The standard InChI is InChI=1S/C30H20NO.C22H22NSi.Ir/c1-20-16-17-31-28(18-20)24-14-15-26-27-9-5-8-25(30(27)32-29(26)19-24)23-12-10-22(11-13-23)21-6-3-2-4-7-21;1-24(2,3)20-14-19-10-9-18-13-17(16-7-5-4-6-8-16)11-12-21(18)22(19)23-15-20;/h2-13,15-19H,1H3;4-8,11,13-15H,9-10H2,1-3H3;/q2*-1;. The molecule has 9 aromatic rings. The summed E-state index contributed by atoms with van der Waals surface area (Å²) in [5, 5.41) is 3.62. The first-order valence-electron chi connectivity index (χ1n) is 19.3. The van der Waals surface area contributed by atoms with E-state index in [1.54, 1.807) is 0 Å². The average Bonchev–Trinajstić information content (AvgIpc) is 3.62. The Morgan fingerprint density at radius 1 is 0.596 bits per heavy atom. The number of nitrogens with zero attached hydrogens (tertiary/aromatic N) is 2. The molecule has 10 rings (SSSR count). The van der Waals surface area contributed by atoms with Crippen molar-refractivity contribution >= 4 is 35.2 Å². The topological polar surface area (TPSA) is 38.9 Å². The molecule has 0 N–H and O–H groups in total. The fourth-order valence-corrected chi connectivity index (χ4v) is 8.69. The van der Waals surface area contributed by atoms with Crippen LogP contribution in [0.4, 0.5) is 0 Å². The molecule has 1 aliphatic carbocycles. The summed E-state index contributed by atoms with van der Waals surface area (Å²) in [6, 6.07) is 57.8. The van der Waals surface area contributed by atoms with Crippen LogP contribution in [0.2, 0.25) is 19.6 Å². The molecule has 0 saturated heterocycles. The molecule has 3 heterocycles. The molecule has 0 fully saturated rings. The average molecular weight is 931 g/mol. The second kappa shape index (κ2) is 16.0. The Kier molecular flexibility index (Phi) is 10.7. The van der Waals surface area contributed by atoms with Gasteiger partial charge in [0.2, 0.25) is 0 Å². The van der Waals surface area contributed by atoms with Gasteiger partial charge in [-0.05, 0) is 58.1 Å². The van der Waals surface area contributed by atoms with Crippen LogP contribution in [0.5, 0.6) is 0 Å². The Hall–Kier alpha value is -5.71. The predicted molar refractivity (Wildman–Crippen MR) is 236 cm³/mol. The van der Waals surface area contributed by atoms with E-state index in [1.165, 1.54) is 49.7 Å². The van der Waals surface area contributed by atoms with Gasteiger partial charge < -0.3 is 14.4 Å². The van der Waals surface area contributed by atoms with Crippen LogP contribution in [0, 0.1) is 19.1 Å². The fourth-order valence-electron chi connectivity index (χ4n) is 7.63. The van der Waals surface area contributed by atoms with Gasteiger partial charge in [0.15, 0.2) is 0 Å². The third kappa shape index (κ3) is 7.84. The second-order valence-electron chi connectivity index (χ2n) is 15.7. The Labute approximate surface area is 349 Å². The number of fused-ring (bicyclic) bond motifs is 6. The van der Waals surface area contributed by atoms with Crippen molar-refractivity contribution in [3.8, 4) is 55.9 Å². The SMILES string of the molecule is C[Si](C)(C)c1cnc2c(c1)CCc1cc(-c3ccccc3)c[c-]c1-2.Cc1ccnc(-c2[c-]cc3c(c2)oc2c(-c4ccc(-c5ccccc5)cc4)cccc23)c1.[Ir]. The Morgan fingerprint density at radius 3 is 2.00 bits per heavy atom. The van der Waals surface area contributed by atoms with E-state index in [1.807, 2.05) is 30.5 Å². The fraction of sp³-hybridized carbons (Fsp3) is 0.115. The summed E-state index contributed by atoms with van der Waals surface area (Å²) in [5.74, 6) is 0. The number of aryl methyl sites for hydroxylation is 3. The van der Waals surface area contributed by atoms with Crippen molar-refractivity contribution < 1.29 is 24.5 Å². The van der Waals surface area contributed by atoms with E-state index in [4.69, 9.17) is 9.40 Å². The van der Waals surface area contributed by atoms with Gasteiger partial charge in [-0.1, -0.05) is 175 Å². The third-order valence-corrected chi connectivity index (χ3v) is 12.8. The van der Waals surface area contributed by atoms with Crippen LogP contribution in [0.25, 0.3) is 77.8 Å². The smallest absolute Gasteiger partial charge is 0.131 e. The molecule has 3 nitrogen and oxygen atoms in total. The maximum absolute atomic E-state index is 6.40. The molecule has 0 amide bonds. The zero-order valence-electron chi connectivity index (χ0n) is 32.6. The van der Waals surface area contributed by atoms with Gasteiger partial charge in [-0.25, -0.2) is 0 Å². The molecule has 0 bridgehead atoms. The van der Waals surface area contributed by atoms with Crippen LogP contribution < -0.4 is 5.19 Å². The molecular weight excluding hydrogens is 889 g/mol. The van der Waals surface area contributed by atoms with Crippen LogP contribution in [0.3, 0.4) is 0 Å². The molecule has 1 aliphatic rings. The number of hydrogen-bond acceptors (Lipinski definition) is 3. The minimum absolute atomic E-state index is 0. The molecule has 0 saturated carbocycles. The van der Waals surface area contributed by atoms with Crippen LogP contribution in [0.15, 0.2) is 162 Å². The summed E-state index contributed by atoms with van der Waals surface area (Å²) >= 11 is 0. The minimum Gasteiger partial charge on any atom is -0.476 e. The number of para-hydroxylation sites is 1. The van der Waals surface area contributed by atoms with Crippen LogP contribution in [0.1, 0.15) is 16.7 Å². The Bertz CT molecular complexity index is 2840. The maximum Gasteiger partial charge on any atom is 0.131 e. The van der Waals surface area contributed by atoms with Crippen LogP contribution in [-0.4, -0.2) is 18.0 Å². The molecule has 0 atom stereocenters. The van der Waals surface area contributed by atoms with E-state index < -0.39 is 8.07 Å². The summed E-state index contributed by atoms with van der Waals surface area (Å²) in [5.41, 5.74) is 17.0. The molecule has 1 radical (unpaired) electrons. The van der Waals surface area contributed by atoms with Gasteiger partial charge in [0.25, 0.3) is 0 Å². The van der Waals surface area contributed by atoms with E-state index in [0.29, 0.717) is 0 Å². The van der Waals surface area contributed by atoms with E-state index in [9.17, 15) is 0 Å². The number of rotatable bonds is 5. The van der Waals surface area contributed by atoms with Gasteiger partial charge in [-0.15, -0.1) is 47.0 Å². The van der Waals surface area contributed by atoms with E-state index in [-0.39, 0.29) is 20.1 Å². The number of hydrogen-bond donors (Lipinski definition) is 0. The largest absolute Gasteiger partial charge is 0.476 e. The molecule has 281 valence electrons. The van der Waals surface area contributed by atoms with Crippen molar-refractivity contribution in [2.75, 3.05) is 0 Å². The van der Waals surface area contributed by atoms with Crippen LogP contribution in [-0.2, 0) is 32.9 Å². The minimum atomic E-state index is -1.31. The molecule has 5 heteroatoms. The van der Waals surface area contributed by atoms with Gasteiger partial charge in [-0.2, -0.15) is 0 Å². The molecule has 6 aromatic carbocycles. The summed E-state index contributed by atoms with van der Waals surface area (Å²) in [6.45, 7) is 9.21. The first-order valence-corrected chi connectivity index (χ1v) is 22.8. The van der Waals surface area contributed by atoms with Crippen molar-refractivity contribution in [3.05, 3.63) is 187 Å². The molecule has 57 heavy (non-hydrogen) atoms. The summed E-state index contributed by atoms with van der Waals surface area (Å²) in [4.78, 5) is 9.33. The van der Waals surface area contributed by atoms with Gasteiger partial charge in [0, 0.05) is 38.1 Å². The van der Waals surface area contributed by atoms with Crippen molar-refractivity contribution in [2.45, 2.75) is 39.4 Å². The molecule has 0 spiro atoms. The quantitative estimate of drug-likeness (QED) is 0.127. The Balaban J connectivity index is 0.000000163. The monoisotopic (exact) mass is 931 g/mol. The third-order valence-electron chi connectivity index (χ3n) is 10.8. The number of aromatic nitrogens is 2. The number of furan rings is 1. The first-order chi connectivity index (χ1) is 27.3. The summed E-state index contributed by atoms with van der Waals surface area (Å²) in [7, 11) is -1.31. The number of benzene rings is 6. The van der Waals surface area contributed by atoms with Crippen molar-refractivity contribution in [2.24, 2.45) is 0 Å². The zero-order chi connectivity index (χ0) is 38.2. The van der Waals surface area contributed by atoms with Crippen molar-refractivity contribution in [3.63, 3.8) is 0 Å². The zero-order valence-corrected chi connectivity index (χ0v) is 36.0.